The highest BCUT2D eigenvalue weighted by molar-refractivity contribution is 4.98. The summed E-state index contributed by atoms with van der Waals surface area (Å²) >= 11 is 0. The van der Waals surface area contributed by atoms with Crippen molar-refractivity contribution in [1.29, 1.82) is 0 Å². The van der Waals surface area contributed by atoms with E-state index in [0.717, 1.165) is 24.7 Å². The monoisotopic (exact) mass is 221 g/mol. The summed E-state index contributed by atoms with van der Waals surface area (Å²) < 4.78 is 2.02. The average molecular weight is 221 g/mol. The lowest BCUT2D eigenvalue weighted by Crippen LogP contribution is -2.15. The lowest BCUT2D eigenvalue weighted by molar-refractivity contribution is 0.519. The van der Waals surface area contributed by atoms with Gasteiger partial charge in [0, 0.05) is 18.8 Å². The highest BCUT2D eigenvalue weighted by Gasteiger charge is 2.19. The van der Waals surface area contributed by atoms with Crippen molar-refractivity contribution in [3.05, 3.63) is 18.0 Å². The molecule has 0 aromatic carbocycles. The largest absolute Gasteiger partial charge is 0.311 e. The van der Waals surface area contributed by atoms with Gasteiger partial charge in [-0.2, -0.15) is 5.10 Å². The van der Waals surface area contributed by atoms with Crippen LogP contribution in [0.2, 0.25) is 0 Å². The van der Waals surface area contributed by atoms with Gasteiger partial charge in [0.25, 0.3) is 0 Å². The van der Waals surface area contributed by atoms with E-state index < -0.39 is 0 Å². The number of hydrogen-bond donors (Lipinski definition) is 1. The summed E-state index contributed by atoms with van der Waals surface area (Å²) in [6.45, 7) is 6.34. The van der Waals surface area contributed by atoms with Crippen LogP contribution >= 0.6 is 0 Å². The van der Waals surface area contributed by atoms with Crippen LogP contribution in [0.15, 0.2) is 12.3 Å². The van der Waals surface area contributed by atoms with Gasteiger partial charge in [0.2, 0.25) is 0 Å². The van der Waals surface area contributed by atoms with Gasteiger partial charge in [-0.05, 0) is 45.2 Å². The van der Waals surface area contributed by atoms with Crippen LogP contribution < -0.4 is 5.32 Å². The molecule has 0 bridgehead atoms. The Labute approximate surface area is 98.2 Å². The fraction of sp³-hybridized carbons (Fsp3) is 0.769. The van der Waals surface area contributed by atoms with Gasteiger partial charge in [-0.1, -0.05) is 12.8 Å². The molecule has 0 spiro atoms. The van der Waals surface area contributed by atoms with E-state index >= 15 is 0 Å². The first kappa shape index (κ1) is 11.6. The van der Waals surface area contributed by atoms with E-state index in [1.54, 1.807) is 0 Å². The van der Waals surface area contributed by atoms with E-state index in [9.17, 15) is 0 Å². The van der Waals surface area contributed by atoms with Crippen LogP contribution in [0.3, 0.4) is 0 Å². The molecule has 16 heavy (non-hydrogen) atoms. The predicted octanol–water partition coefficient (Wildman–Crippen LogP) is 2.74. The SMILES string of the molecule is CC(C)n1ccc(CNCCCC2CC2)n1. The molecule has 2 rings (SSSR count). The van der Waals surface area contributed by atoms with Crippen LogP contribution in [-0.4, -0.2) is 16.3 Å². The van der Waals surface area contributed by atoms with Crippen molar-refractivity contribution in [1.82, 2.24) is 15.1 Å². The van der Waals surface area contributed by atoms with E-state index in [1.165, 1.54) is 25.7 Å². The molecule has 1 fully saturated rings. The molecule has 0 unspecified atom stereocenters. The molecule has 1 aliphatic rings. The van der Waals surface area contributed by atoms with Crippen LogP contribution in [0.25, 0.3) is 0 Å². The minimum atomic E-state index is 0.462. The van der Waals surface area contributed by atoms with Gasteiger partial charge in [0.1, 0.15) is 0 Å². The number of nitrogens with one attached hydrogen (secondary N) is 1. The van der Waals surface area contributed by atoms with Crippen LogP contribution in [0, 0.1) is 5.92 Å². The second-order valence-corrected chi connectivity index (χ2v) is 5.14. The van der Waals surface area contributed by atoms with E-state index in [0.29, 0.717) is 6.04 Å². The van der Waals surface area contributed by atoms with Crippen molar-refractivity contribution in [2.75, 3.05) is 6.54 Å². The summed E-state index contributed by atoms with van der Waals surface area (Å²) in [7, 11) is 0. The van der Waals surface area contributed by atoms with Crippen molar-refractivity contribution < 1.29 is 0 Å². The lowest BCUT2D eigenvalue weighted by atomic mass is 10.2. The van der Waals surface area contributed by atoms with Crippen LogP contribution in [0.5, 0.6) is 0 Å². The topological polar surface area (TPSA) is 29.9 Å². The van der Waals surface area contributed by atoms with Gasteiger partial charge < -0.3 is 5.32 Å². The molecule has 3 heteroatoms. The van der Waals surface area contributed by atoms with Crippen molar-refractivity contribution in [2.45, 2.75) is 52.1 Å². The Balaban J connectivity index is 1.60. The summed E-state index contributed by atoms with van der Waals surface area (Å²) in [6, 6.07) is 2.57. The number of rotatable bonds is 7. The zero-order valence-corrected chi connectivity index (χ0v) is 10.4. The summed E-state index contributed by atoms with van der Waals surface area (Å²) in [4.78, 5) is 0. The predicted molar refractivity (Wildman–Crippen MR) is 66.3 cm³/mol. The Morgan fingerprint density at radius 3 is 2.94 bits per heavy atom. The second kappa shape index (κ2) is 5.48. The highest BCUT2D eigenvalue weighted by Crippen LogP contribution is 2.33. The maximum atomic E-state index is 4.51. The summed E-state index contributed by atoms with van der Waals surface area (Å²) in [5.74, 6) is 1.06. The van der Waals surface area contributed by atoms with E-state index in [1.807, 2.05) is 4.68 Å². The third-order valence-electron chi connectivity index (χ3n) is 3.16. The molecule has 0 amide bonds. The first-order chi connectivity index (χ1) is 7.75. The van der Waals surface area contributed by atoms with Crippen molar-refractivity contribution >= 4 is 0 Å². The smallest absolute Gasteiger partial charge is 0.0762 e. The third-order valence-corrected chi connectivity index (χ3v) is 3.16. The van der Waals surface area contributed by atoms with Gasteiger partial charge in [-0.25, -0.2) is 0 Å². The molecule has 1 N–H and O–H groups in total. The molecule has 1 aromatic rings. The van der Waals surface area contributed by atoms with Gasteiger partial charge in [-0.15, -0.1) is 0 Å². The molecule has 0 aliphatic heterocycles. The van der Waals surface area contributed by atoms with E-state index in [-0.39, 0.29) is 0 Å². The lowest BCUT2D eigenvalue weighted by Gasteiger charge is -2.04. The maximum Gasteiger partial charge on any atom is 0.0762 e. The van der Waals surface area contributed by atoms with Gasteiger partial charge >= 0.3 is 0 Å². The minimum absolute atomic E-state index is 0.462. The third kappa shape index (κ3) is 3.63. The number of hydrogen-bond acceptors (Lipinski definition) is 2. The molecule has 0 atom stereocenters. The van der Waals surface area contributed by atoms with Gasteiger partial charge in [0.05, 0.1) is 5.69 Å². The Morgan fingerprint density at radius 1 is 1.50 bits per heavy atom. The van der Waals surface area contributed by atoms with E-state index in [2.05, 4.69) is 36.5 Å². The minimum Gasteiger partial charge on any atom is -0.311 e. The first-order valence-corrected chi connectivity index (χ1v) is 6.50. The first-order valence-electron chi connectivity index (χ1n) is 6.50. The molecule has 1 aromatic heterocycles. The molecular weight excluding hydrogens is 198 g/mol. The molecule has 90 valence electrons. The summed E-state index contributed by atoms with van der Waals surface area (Å²) in [6.07, 6.45) is 7.73. The van der Waals surface area contributed by atoms with Crippen LogP contribution in [0.1, 0.15) is 51.3 Å². The summed E-state index contributed by atoms with van der Waals surface area (Å²) in [5, 5.41) is 7.97. The molecule has 1 aliphatic carbocycles. The fourth-order valence-corrected chi connectivity index (χ4v) is 1.90. The molecule has 0 radical (unpaired) electrons. The molecule has 0 saturated heterocycles. The second-order valence-electron chi connectivity index (χ2n) is 5.14. The summed E-state index contributed by atoms with van der Waals surface area (Å²) in [5.41, 5.74) is 1.15. The number of nitrogens with zero attached hydrogens (tertiary/aromatic N) is 2. The molecule has 1 heterocycles. The number of aromatic nitrogens is 2. The molecular formula is C13H23N3. The quantitative estimate of drug-likeness (QED) is 0.717. The van der Waals surface area contributed by atoms with Gasteiger partial charge in [0.15, 0.2) is 0 Å². The molecule has 1 saturated carbocycles. The highest BCUT2D eigenvalue weighted by atomic mass is 15.3. The maximum absolute atomic E-state index is 4.51. The molecule has 3 nitrogen and oxygen atoms in total. The van der Waals surface area contributed by atoms with Crippen molar-refractivity contribution in [2.24, 2.45) is 5.92 Å². The van der Waals surface area contributed by atoms with Crippen LogP contribution in [0.4, 0.5) is 0 Å². The Hall–Kier alpha value is -0.830. The Kier molecular flexibility index (Phi) is 3.99. The van der Waals surface area contributed by atoms with Crippen LogP contribution in [-0.2, 0) is 6.54 Å². The Bertz CT molecular complexity index is 313. The average Bonchev–Trinajstić information content (AvgIpc) is 2.94. The normalized spacial score (nSPS) is 15.9. The zero-order valence-electron chi connectivity index (χ0n) is 10.4. The zero-order chi connectivity index (χ0) is 11.4. The van der Waals surface area contributed by atoms with Gasteiger partial charge in [-0.3, -0.25) is 4.68 Å². The fourth-order valence-electron chi connectivity index (χ4n) is 1.90. The Morgan fingerprint density at radius 2 is 2.31 bits per heavy atom. The standard InChI is InChI=1S/C13H23N3/c1-11(2)16-9-7-13(15-16)10-14-8-3-4-12-5-6-12/h7,9,11-12,14H,3-6,8,10H2,1-2H3. The van der Waals surface area contributed by atoms with E-state index in [4.69, 9.17) is 0 Å². The van der Waals surface area contributed by atoms with Crippen molar-refractivity contribution in [3.8, 4) is 0 Å². The van der Waals surface area contributed by atoms with Crippen molar-refractivity contribution in [3.63, 3.8) is 0 Å².